The highest BCUT2D eigenvalue weighted by Gasteiger charge is 1.84. The monoisotopic (exact) mass is 128 g/mol. The zero-order valence-corrected chi connectivity index (χ0v) is 6.73. The van der Waals surface area contributed by atoms with Crippen LogP contribution in [0, 0.1) is 0 Å². The van der Waals surface area contributed by atoms with E-state index in [0.29, 0.717) is 0 Å². The van der Waals surface area contributed by atoms with E-state index in [0.717, 1.165) is 5.57 Å². The molecule has 0 aliphatic rings. The van der Waals surface area contributed by atoms with Crippen LogP contribution in [0.3, 0.4) is 0 Å². The van der Waals surface area contributed by atoms with Crippen LogP contribution in [0.4, 0.5) is 0 Å². The van der Waals surface area contributed by atoms with Gasteiger partial charge in [0.05, 0.1) is 0 Å². The number of aliphatic hydroxyl groups is 1. The molecule has 0 amide bonds. The molecule has 0 bridgehead atoms. The Balaban J connectivity index is 0. The Morgan fingerprint density at radius 1 is 1.44 bits per heavy atom. The molecule has 0 fully saturated rings. The lowest BCUT2D eigenvalue weighted by Gasteiger charge is -1.91. The van der Waals surface area contributed by atoms with Crippen molar-refractivity contribution >= 4 is 0 Å². The molecule has 0 rings (SSSR count). The molecule has 0 atom stereocenters. The van der Waals surface area contributed by atoms with Gasteiger partial charge in [0.1, 0.15) is 5.76 Å². The van der Waals surface area contributed by atoms with E-state index in [1.165, 1.54) is 0 Å². The summed E-state index contributed by atoms with van der Waals surface area (Å²) in [6.45, 7) is 11.0. The van der Waals surface area contributed by atoms with E-state index in [2.05, 4.69) is 6.58 Å². The van der Waals surface area contributed by atoms with Gasteiger partial charge in [-0.05, 0) is 19.4 Å². The first-order valence-corrected chi connectivity index (χ1v) is 3.19. The van der Waals surface area contributed by atoms with Crippen LogP contribution in [0.2, 0.25) is 0 Å². The maximum absolute atomic E-state index is 8.56. The van der Waals surface area contributed by atoms with Crippen LogP contribution in [0.1, 0.15) is 27.7 Å². The normalized spacial score (nSPS) is 9.56. The molecule has 0 aromatic rings. The van der Waals surface area contributed by atoms with E-state index in [4.69, 9.17) is 5.11 Å². The van der Waals surface area contributed by atoms with Gasteiger partial charge in [-0.25, -0.2) is 0 Å². The highest BCUT2D eigenvalue weighted by molar-refractivity contribution is 5.17. The molecule has 1 N–H and O–H groups in total. The van der Waals surface area contributed by atoms with Crippen molar-refractivity contribution < 1.29 is 5.11 Å². The van der Waals surface area contributed by atoms with Crippen molar-refractivity contribution in [3.63, 3.8) is 0 Å². The number of allylic oxidation sites excluding steroid dienone is 2. The van der Waals surface area contributed by atoms with Gasteiger partial charge in [0.25, 0.3) is 0 Å². The predicted octanol–water partition coefficient (Wildman–Crippen LogP) is 3.05. The Morgan fingerprint density at radius 2 is 1.78 bits per heavy atom. The van der Waals surface area contributed by atoms with E-state index >= 15 is 0 Å². The summed E-state index contributed by atoms with van der Waals surface area (Å²) < 4.78 is 0. The van der Waals surface area contributed by atoms with Crippen LogP contribution in [0.15, 0.2) is 24.0 Å². The lowest BCUT2D eigenvalue weighted by molar-refractivity contribution is 0.426. The van der Waals surface area contributed by atoms with Crippen LogP contribution in [-0.4, -0.2) is 5.11 Å². The summed E-state index contributed by atoms with van der Waals surface area (Å²) in [7, 11) is 0. The molecule has 0 aliphatic carbocycles. The average molecular weight is 128 g/mol. The Hall–Kier alpha value is -0.720. The quantitative estimate of drug-likeness (QED) is 0.425. The van der Waals surface area contributed by atoms with Gasteiger partial charge >= 0.3 is 0 Å². The fourth-order valence-electron chi connectivity index (χ4n) is 0.167. The third-order valence-electron chi connectivity index (χ3n) is 0.888. The van der Waals surface area contributed by atoms with Crippen molar-refractivity contribution in [2.75, 3.05) is 0 Å². The smallest absolute Gasteiger partial charge is 0.110 e. The minimum absolute atomic E-state index is 0.155. The minimum atomic E-state index is 0.155. The first kappa shape index (κ1) is 11.1. The molecule has 0 aromatic heterocycles. The van der Waals surface area contributed by atoms with Gasteiger partial charge in [0.15, 0.2) is 0 Å². The van der Waals surface area contributed by atoms with Crippen molar-refractivity contribution in [1.29, 1.82) is 0 Å². The summed E-state index contributed by atoms with van der Waals surface area (Å²) in [6, 6.07) is 0. The molecule has 0 unspecified atom stereocenters. The van der Waals surface area contributed by atoms with Gasteiger partial charge in [-0.1, -0.05) is 26.5 Å². The van der Waals surface area contributed by atoms with Gasteiger partial charge in [0.2, 0.25) is 0 Å². The van der Waals surface area contributed by atoms with E-state index in [1.54, 1.807) is 0 Å². The van der Waals surface area contributed by atoms with Crippen LogP contribution >= 0.6 is 0 Å². The van der Waals surface area contributed by atoms with Crippen molar-refractivity contribution in [2.24, 2.45) is 0 Å². The molecule has 54 valence electrons. The highest BCUT2D eigenvalue weighted by Crippen LogP contribution is 1.99. The van der Waals surface area contributed by atoms with Gasteiger partial charge in [-0.2, -0.15) is 0 Å². The van der Waals surface area contributed by atoms with Crippen molar-refractivity contribution in [3.05, 3.63) is 24.0 Å². The van der Waals surface area contributed by atoms with Crippen molar-refractivity contribution in [3.8, 4) is 0 Å². The van der Waals surface area contributed by atoms with E-state index in [-0.39, 0.29) is 5.76 Å². The molecule has 0 heterocycles. The number of aliphatic hydroxyl groups excluding tert-OH is 1. The number of hydrogen-bond donors (Lipinski definition) is 1. The van der Waals surface area contributed by atoms with Crippen molar-refractivity contribution in [2.45, 2.75) is 27.7 Å². The first-order chi connectivity index (χ1) is 4.18. The summed E-state index contributed by atoms with van der Waals surface area (Å²) in [6.07, 6.45) is 1.81. The Kier molecular flexibility index (Phi) is 9.00. The van der Waals surface area contributed by atoms with E-state index in [9.17, 15) is 0 Å². The van der Waals surface area contributed by atoms with E-state index < -0.39 is 0 Å². The fraction of sp³-hybridized carbons (Fsp3) is 0.500. The fourth-order valence-corrected chi connectivity index (χ4v) is 0.167. The lowest BCUT2D eigenvalue weighted by atomic mass is 10.3. The molecule has 0 aromatic carbocycles. The molecule has 0 radical (unpaired) electrons. The van der Waals surface area contributed by atoms with Gasteiger partial charge < -0.3 is 5.11 Å². The standard InChI is InChI=1S/C6H10O.C2H6/c1-4-5(2)6(3)7;1-2/h4,7H,3H2,1-2H3;1-2H3/b5-4-;. The van der Waals surface area contributed by atoms with Crippen LogP contribution in [-0.2, 0) is 0 Å². The topological polar surface area (TPSA) is 20.2 Å². The van der Waals surface area contributed by atoms with Crippen molar-refractivity contribution in [1.82, 2.24) is 0 Å². The summed E-state index contributed by atoms with van der Waals surface area (Å²) in [5, 5.41) is 8.56. The Morgan fingerprint density at radius 3 is 1.78 bits per heavy atom. The maximum atomic E-state index is 8.56. The zero-order valence-electron chi connectivity index (χ0n) is 6.73. The van der Waals surface area contributed by atoms with Crippen LogP contribution in [0.25, 0.3) is 0 Å². The van der Waals surface area contributed by atoms with Crippen LogP contribution < -0.4 is 0 Å². The zero-order chi connectivity index (χ0) is 7.86. The summed E-state index contributed by atoms with van der Waals surface area (Å²) in [5.41, 5.74) is 0.833. The maximum Gasteiger partial charge on any atom is 0.110 e. The van der Waals surface area contributed by atoms with Gasteiger partial charge in [0, 0.05) is 0 Å². The molecule has 1 nitrogen and oxygen atoms in total. The molecule has 0 saturated heterocycles. The molecule has 9 heavy (non-hydrogen) atoms. The molecule has 0 spiro atoms. The number of rotatable bonds is 1. The number of hydrogen-bond acceptors (Lipinski definition) is 1. The van der Waals surface area contributed by atoms with Gasteiger partial charge in [-0.15, -0.1) is 0 Å². The second kappa shape index (κ2) is 7.28. The van der Waals surface area contributed by atoms with Gasteiger partial charge in [-0.3, -0.25) is 0 Å². The highest BCUT2D eigenvalue weighted by atomic mass is 16.3. The minimum Gasteiger partial charge on any atom is -0.508 e. The predicted molar refractivity (Wildman–Crippen MR) is 42.5 cm³/mol. The summed E-state index contributed by atoms with van der Waals surface area (Å²) >= 11 is 0. The average Bonchev–Trinajstić information content (AvgIpc) is 1.91. The third kappa shape index (κ3) is 7.28. The largest absolute Gasteiger partial charge is 0.508 e. The third-order valence-corrected chi connectivity index (χ3v) is 0.888. The molecule has 0 aliphatic heterocycles. The SMILES string of the molecule is C=C(O)/C(C)=C\C.CC. The molecular weight excluding hydrogens is 112 g/mol. The Labute approximate surface area is 57.7 Å². The second-order valence-electron chi connectivity index (χ2n) is 1.42. The lowest BCUT2D eigenvalue weighted by Crippen LogP contribution is -1.76. The summed E-state index contributed by atoms with van der Waals surface area (Å²) in [5.74, 6) is 0.155. The molecular formula is C8H16O. The molecule has 1 heteroatoms. The Bertz CT molecular complexity index is 101. The summed E-state index contributed by atoms with van der Waals surface area (Å²) in [4.78, 5) is 0. The van der Waals surface area contributed by atoms with E-state index in [1.807, 2.05) is 33.8 Å². The molecule has 0 saturated carbocycles. The van der Waals surface area contributed by atoms with Crippen LogP contribution in [0.5, 0.6) is 0 Å². The second-order valence-corrected chi connectivity index (χ2v) is 1.42. The first-order valence-electron chi connectivity index (χ1n) is 3.19.